The average Bonchev–Trinajstić information content (AvgIpc) is 3.39. The van der Waals surface area contributed by atoms with E-state index in [-0.39, 0.29) is 6.17 Å². The molecular formula is C61H49N5. The highest BCUT2D eigenvalue weighted by atomic mass is 15.1. The maximum absolute atomic E-state index is 5.50. The van der Waals surface area contributed by atoms with Crippen LogP contribution in [0.5, 0.6) is 0 Å². The fourth-order valence-electron chi connectivity index (χ4n) is 8.71. The molecule has 1 atom stereocenters. The molecule has 5 heteroatoms. The second-order valence-corrected chi connectivity index (χ2v) is 16.2. The summed E-state index contributed by atoms with van der Waals surface area (Å²) >= 11 is 0. The van der Waals surface area contributed by atoms with Crippen molar-refractivity contribution < 1.29 is 0 Å². The van der Waals surface area contributed by atoms with Crippen LogP contribution in [-0.2, 0) is 6.54 Å². The van der Waals surface area contributed by atoms with Crippen LogP contribution in [0.4, 0.5) is 0 Å². The Labute approximate surface area is 386 Å². The molecule has 0 bridgehead atoms. The van der Waals surface area contributed by atoms with Gasteiger partial charge in [-0.05, 0) is 134 Å². The smallest absolute Gasteiger partial charge is 0.125 e. The van der Waals surface area contributed by atoms with Gasteiger partial charge in [-0.2, -0.15) is 0 Å². The summed E-state index contributed by atoms with van der Waals surface area (Å²) in [5.74, 6) is 0. The van der Waals surface area contributed by atoms with Gasteiger partial charge in [-0.3, -0.25) is 15.3 Å². The molecule has 2 heterocycles. The lowest BCUT2D eigenvalue weighted by atomic mass is 9.92. The Kier molecular flexibility index (Phi) is 13.0. The molecule has 318 valence electrons. The van der Waals surface area contributed by atoms with E-state index >= 15 is 0 Å². The summed E-state index contributed by atoms with van der Waals surface area (Å²) in [5.41, 5.74) is 13.7. The van der Waals surface area contributed by atoms with E-state index in [1.807, 2.05) is 54.9 Å². The lowest BCUT2D eigenvalue weighted by Crippen LogP contribution is -2.19. The SMILES string of the molecule is C=N.C=NC(NCc1cc(-c2ccc(-c3cccc4ccccc34)cc2)cc(-c2ccc3cc(-c4nc5ccccc5c5ccncc45)ccc3c2)c1)c1ccccc1.Cc1ccccc1. The minimum absolute atomic E-state index is 0.210. The number of hydrogen-bond acceptors (Lipinski definition) is 5. The number of nitrogens with one attached hydrogen (secondary N) is 2. The summed E-state index contributed by atoms with van der Waals surface area (Å²) in [6.07, 6.45) is 3.58. The molecule has 0 amide bonds. The Morgan fingerprint density at radius 1 is 0.500 bits per heavy atom. The Morgan fingerprint density at radius 2 is 1.11 bits per heavy atom. The van der Waals surface area contributed by atoms with Crippen LogP contribution in [0.3, 0.4) is 0 Å². The van der Waals surface area contributed by atoms with Gasteiger partial charge in [-0.15, -0.1) is 0 Å². The Balaban J connectivity index is 0.000000553. The van der Waals surface area contributed by atoms with Gasteiger partial charge in [0.25, 0.3) is 0 Å². The van der Waals surface area contributed by atoms with Crippen molar-refractivity contribution >= 4 is 56.7 Å². The largest absolute Gasteiger partial charge is 0.317 e. The second kappa shape index (κ2) is 20.0. The van der Waals surface area contributed by atoms with Crippen molar-refractivity contribution in [2.24, 2.45) is 4.99 Å². The van der Waals surface area contributed by atoms with E-state index in [1.165, 1.54) is 44.0 Å². The number of rotatable bonds is 9. The maximum atomic E-state index is 5.50. The van der Waals surface area contributed by atoms with Crippen molar-refractivity contribution in [2.75, 3.05) is 0 Å². The predicted octanol–water partition coefficient (Wildman–Crippen LogP) is 15.5. The molecule has 11 rings (SSSR count). The van der Waals surface area contributed by atoms with Crippen LogP contribution < -0.4 is 5.32 Å². The van der Waals surface area contributed by atoms with Crippen molar-refractivity contribution in [3.05, 3.63) is 241 Å². The van der Waals surface area contributed by atoms with Crippen LogP contribution in [0.2, 0.25) is 0 Å². The summed E-state index contributed by atoms with van der Waals surface area (Å²) in [6.45, 7) is 9.11. The lowest BCUT2D eigenvalue weighted by molar-refractivity contribution is 0.558. The predicted molar refractivity (Wildman–Crippen MR) is 280 cm³/mol. The van der Waals surface area contributed by atoms with Crippen LogP contribution in [-0.4, -0.2) is 23.4 Å². The van der Waals surface area contributed by atoms with Crippen molar-refractivity contribution in [3.8, 4) is 44.6 Å². The van der Waals surface area contributed by atoms with Gasteiger partial charge in [0.2, 0.25) is 0 Å². The molecule has 1 unspecified atom stereocenters. The molecule has 5 nitrogen and oxygen atoms in total. The summed E-state index contributed by atoms with van der Waals surface area (Å²) in [5, 5.41) is 17.3. The first-order valence-corrected chi connectivity index (χ1v) is 22.1. The monoisotopic (exact) mass is 851 g/mol. The maximum Gasteiger partial charge on any atom is 0.125 e. The number of aromatic nitrogens is 2. The van der Waals surface area contributed by atoms with Crippen LogP contribution >= 0.6 is 0 Å². The van der Waals surface area contributed by atoms with Crippen LogP contribution in [0.1, 0.15) is 22.9 Å². The standard InChI is InChI=1S/C53H38N4.C7H8.CH3N/c1-54-53(39-11-3-2-4-12-39)56-33-35-28-44(36-18-20-38(21-19-36)47-16-9-13-37-10-5-6-14-46(37)47)32-45(29-35)42-23-22-41-31-43(25-24-40(41)30-42)52-50-34-55-27-26-48(50)49-15-7-8-17-51(49)57-52;1-7-5-3-2-4-6-7;1-2/h2-32,34,53,56H,1,33H2;2-6H,1H3;2H,1H2. The molecule has 0 saturated heterocycles. The average molecular weight is 852 g/mol. The Morgan fingerprint density at radius 3 is 1.83 bits per heavy atom. The van der Waals surface area contributed by atoms with Crippen molar-refractivity contribution in [2.45, 2.75) is 19.6 Å². The molecule has 2 aromatic heterocycles. The highest BCUT2D eigenvalue weighted by molar-refractivity contribution is 6.11. The Hall–Kier alpha value is -8.38. The number of benzene rings is 9. The minimum atomic E-state index is -0.210. The van der Waals surface area contributed by atoms with Crippen LogP contribution in [0, 0.1) is 12.3 Å². The molecular weight excluding hydrogens is 803 g/mol. The molecule has 0 spiro atoms. The van der Waals surface area contributed by atoms with Crippen LogP contribution in [0.25, 0.3) is 87.9 Å². The van der Waals surface area contributed by atoms with E-state index in [0.29, 0.717) is 6.54 Å². The second-order valence-electron chi connectivity index (χ2n) is 16.2. The third-order valence-corrected chi connectivity index (χ3v) is 12.0. The zero-order chi connectivity index (χ0) is 45.2. The zero-order valence-corrected chi connectivity index (χ0v) is 36.9. The Bertz CT molecular complexity index is 3430. The summed E-state index contributed by atoms with van der Waals surface area (Å²) in [4.78, 5) is 14.0. The third-order valence-electron chi connectivity index (χ3n) is 12.0. The topological polar surface area (TPSA) is 74.0 Å². The van der Waals surface area contributed by atoms with E-state index in [0.717, 1.165) is 60.6 Å². The minimum Gasteiger partial charge on any atom is -0.317 e. The molecule has 11 aromatic rings. The van der Waals surface area contributed by atoms with Gasteiger partial charge in [0.1, 0.15) is 6.17 Å². The zero-order valence-electron chi connectivity index (χ0n) is 36.9. The summed E-state index contributed by atoms with van der Waals surface area (Å²) in [6, 6.07) is 75.3. The summed E-state index contributed by atoms with van der Waals surface area (Å²) in [7, 11) is 0. The number of pyridine rings is 2. The first-order chi connectivity index (χ1) is 32.6. The number of hydrogen-bond donors (Lipinski definition) is 2. The molecule has 9 aromatic carbocycles. The van der Waals surface area contributed by atoms with E-state index in [9.17, 15) is 0 Å². The third kappa shape index (κ3) is 9.29. The number of fused-ring (bicyclic) bond motifs is 5. The fraction of sp³-hybridized carbons (Fsp3) is 0.0492. The number of nitrogens with zero attached hydrogens (tertiary/aromatic N) is 3. The van der Waals surface area contributed by atoms with Gasteiger partial charge in [0, 0.05) is 35.3 Å². The first kappa shape index (κ1) is 42.9. The fourth-order valence-corrected chi connectivity index (χ4v) is 8.71. The van der Waals surface area contributed by atoms with Crippen LogP contribution in [0.15, 0.2) is 230 Å². The van der Waals surface area contributed by atoms with E-state index in [1.54, 1.807) is 0 Å². The van der Waals surface area contributed by atoms with Gasteiger partial charge in [0.05, 0.1) is 11.2 Å². The molecule has 0 saturated carbocycles. The van der Waals surface area contributed by atoms with Gasteiger partial charge < -0.3 is 5.41 Å². The first-order valence-electron chi connectivity index (χ1n) is 22.1. The molecule has 0 aliphatic carbocycles. The highest BCUT2D eigenvalue weighted by Gasteiger charge is 2.14. The number of para-hydroxylation sites is 1. The van der Waals surface area contributed by atoms with E-state index < -0.39 is 0 Å². The van der Waals surface area contributed by atoms with Crippen molar-refractivity contribution in [3.63, 3.8) is 0 Å². The summed E-state index contributed by atoms with van der Waals surface area (Å²) < 4.78 is 0. The normalized spacial score (nSPS) is 11.3. The number of aliphatic imine (C=N–C) groups is 1. The number of aryl methyl sites for hydroxylation is 1. The molecule has 0 radical (unpaired) electrons. The van der Waals surface area contributed by atoms with Gasteiger partial charge >= 0.3 is 0 Å². The van der Waals surface area contributed by atoms with Gasteiger partial charge in [-0.1, -0.05) is 175 Å². The van der Waals surface area contributed by atoms with Crippen molar-refractivity contribution in [1.29, 1.82) is 5.41 Å². The molecule has 0 fully saturated rings. The molecule has 0 aliphatic rings. The molecule has 66 heavy (non-hydrogen) atoms. The van der Waals surface area contributed by atoms with E-state index in [4.69, 9.17) is 10.4 Å². The van der Waals surface area contributed by atoms with Gasteiger partial charge in [-0.25, -0.2) is 4.98 Å². The highest BCUT2D eigenvalue weighted by Crippen LogP contribution is 2.36. The molecule has 2 N–H and O–H groups in total. The quantitative estimate of drug-likeness (QED) is 0.112. The van der Waals surface area contributed by atoms with Crippen molar-refractivity contribution in [1.82, 2.24) is 15.3 Å². The van der Waals surface area contributed by atoms with Gasteiger partial charge in [0.15, 0.2) is 0 Å². The lowest BCUT2D eigenvalue weighted by Gasteiger charge is -2.17. The molecule has 0 aliphatic heterocycles. The van der Waals surface area contributed by atoms with E-state index in [2.05, 4.69) is 206 Å².